The van der Waals surface area contributed by atoms with E-state index in [0.29, 0.717) is 30.4 Å². The van der Waals surface area contributed by atoms with Crippen LogP contribution in [0, 0.1) is 5.41 Å². The lowest BCUT2D eigenvalue weighted by molar-refractivity contribution is -0.168. The van der Waals surface area contributed by atoms with Gasteiger partial charge in [0.2, 0.25) is 0 Å². The Morgan fingerprint density at radius 3 is 2.54 bits per heavy atom. The molecule has 0 fully saturated rings. The Balaban J connectivity index is 1.39. The molecule has 2 unspecified atom stereocenters. The maximum absolute atomic E-state index is 13.5. The molecule has 0 saturated carbocycles. The summed E-state index contributed by atoms with van der Waals surface area (Å²) in [5.74, 6) is -0.855. The van der Waals surface area contributed by atoms with E-state index in [9.17, 15) is 14.7 Å². The number of aromatic nitrogens is 1. The molecule has 1 aliphatic rings. The second-order valence-electron chi connectivity index (χ2n) is 10.3. The van der Waals surface area contributed by atoms with Crippen molar-refractivity contribution in [2.24, 2.45) is 5.41 Å². The number of carbonyl (C=O) groups is 2. The minimum absolute atomic E-state index is 0.110. The van der Waals surface area contributed by atoms with Crippen molar-refractivity contribution in [3.63, 3.8) is 0 Å². The molecule has 2 N–H and O–H groups in total. The fraction of sp³-hybridized carbons (Fsp3) is 0.367. The molecule has 0 amide bonds. The van der Waals surface area contributed by atoms with Gasteiger partial charge in [0.05, 0.1) is 19.0 Å². The van der Waals surface area contributed by atoms with Gasteiger partial charge < -0.3 is 24.8 Å². The number of hydrogen-bond donors (Lipinski definition) is 2. The van der Waals surface area contributed by atoms with E-state index in [-0.39, 0.29) is 13.2 Å². The second kappa shape index (κ2) is 13.0. The van der Waals surface area contributed by atoms with Gasteiger partial charge >= 0.3 is 11.9 Å². The Hall–Kier alpha value is -3.62. The summed E-state index contributed by atoms with van der Waals surface area (Å²) in [5.41, 5.74) is 1.97. The van der Waals surface area contributed by atoms with Crippen LogP contribution in [0.5, 0.6) is 0 Å². The first-order valence-electron chi connectivity index (χ1n) is 13.0. The predicted molar refractivity (Wildman–Crippen MR) is 151 cm³/mol. The molecule has 0 bridgehead atoms. The number of aliphatic carboxylic acids is 1. The van der Waals surface area contributed by atoms with E-state index in [4.69, 9.17) is 21.1 Å². The van der Waals surface area contributed by atoms with Gasteiger partial charge in [-0.05, 0) is 48.2 Å². The van der Waals surface area contributed by atoms with Crippen LogP contribution in [0.1, 0.15) is 31.4 Å². The lowest BCUT2D eigenvalue weighted by Gasteiger charge is -2.32. The molecular formula is C30H34ClN3O5. The number of esters is 1. The quantitative estimate of drug-likeness (QED) is 0.221. The average Bonchev–Trinajstić information content (AvgIpc) is 3.35. The van der Waals surface area contributed by atoms with Crippen LogP contribution < -0.4 is 10.2 Å². The molecule has 2 aromatic carbocycles. The van der Waals surface area contributed by atoms with E-state index >= 15 is 0 Å². The van der Waals surface area contributed by atoms with Crippen LogP contribution in [0.25, 0.3) is 0 Å². The maximum atomic E-state index is 13.5. The Morgan fingerprint density at radius 2 is 1.82 bits per heavy atom. The molecule has 3 aromatic rings. The molecule has 0 radical (unpaired) electrons. The zero-order chi connectivity index (χ0) is 27.8. The SMILES string of the molecule is CC(C)(COC(=O)C(Cc1ccccc1)N1CNc2cccnc21)C(OCCCc1ccc(Cl)cc1)C(=O)O. The molecule has 1 aromatic heterocycles. The van der Waals surface area contributed by atoms with Crippen molar-refractivity contribution in [1.29, 1.82) is 0 Å². The Labute approximate surface area is 233 Å². The van der Waals surface area contributed by atoms with Crippen LogP contribution in [-0.4, -0.2) is 54.1 Å². The van der Waals surface area contributed by atoms with Gasteiger partial charge in [-0.2, -0.15) is 0 Å². The molecular weight excluding hydrogens is 518 g/mol. The number of pyridine rings is 1. The van der Waals surface area contributed by atoms with Gasteiger partial charge in [0.25, 0.3) is 0 Å². The number of hydrogen-bond acceptors (Lipinski definition) is 7. The van der Waals surface area contributed by atoms with Crippen LogP contribution in [0.4, 0.5) is 11.5 Å². The van der Waals surface area contributed by atoms with Gasteiger partial charge in [0, 0.05) is 29.7 Å². The Kier molecular flexibility index (Phi) is 9.43. The molecule has 8 nitrogen and oxygen atoms in total. The highest BCUT2D eigenvalue weighted by atomic mass is 35.5. The molecule has 4 rings (SSSR count). The summed E-state index contributed by atoms with van der Waals surface area (Å²) in [6, 6.07) is 20.4. The van der Waals surface area contributed by atoms with Gasteiger partial charge in [-0.15, -0.1) is 0 Å². The molecule has 1 aliphatic heterocycles. The van der Waals surface area contributed by atoms with Crippen LogP contribution in [0.3, 0.4) is 0 Å². The third-order valence-corrected chi connectivity index (χ3v) is 7.00. The number of carbonyl (C=O) groups excluding carboxylic acids is 1. The average molecular weight is 552 g/mol. The first-order valence-corrected chi connectivity index (χ1v) is 13.4. The lowest BCUT2D eigenvalue weighted by atomic mass is 9.87. The van der Waals surface area contributed by atoms with Crippen molar-refractivity contribution in [2.75, 3.05) is 30.1 Å². The molecule has 2 heterocycles. The van der Waals surface area contributed by atoms with E-state index in [2.05, 4.69) is 10.3 Å². The van der Waals surface area contributed by atoms with Crippen molar-refractivity contribution < 1.29 is 24.2 Å². The van der Waals surface area contributed by atoms with E-state index in [0.717, 1.165) is 23.2 Å². The van der Waals surface area contributed by atoms with Crippen molar-refractivity contribution in [3.05, 3.63) is 89.1 Å². The Morgan fingerprint density at radius 1 is 1.08 bits per heavy atom. The molecule has 0 spiro atoms. The highest BCUT2D eigenvalue weighted by Gasteiger charge is 2.39. The van der Waals surface area contributed by atoms with Crippen molar-refractivity contribution >= 4 is 35.0 Å². The molecule has 39 heavy (non-hydrogen) atoms. The number of carboxylic acid groups (broad SMARTS) is 1. The predicted octanol–water partition coefficient (Wildman–Crippen LogP) is 5.21. The first-order chi connectivity index (χ1) is 18.7. The third-order valence-electron chi connectivity index (χ3n) is 6.75. The zero-order valence-corrected chi connectivity index (χ0v) is 22.9. The summed E-state index contributed by atoms with van der Waals surface area (Å²) in [6.45, 7) is 4.03. The van der Waals surface area contributed by atoms with Gasteiger partial charge in [-0.1, -0.05) is 67.9 Å². The summed E-state index contributed by atoms with van der Waals surface area (Å²) in [5, 5.41) is 13.8. The standard InChI is InChI=1S/C30H34ClN3O5/c1-30(2,26(28(35)36)38-17-7-10-21-12-14-23(31)15-13-21)19-39-29(37)25(18-22-8-4-3-5-9-22)34-20-33-24-11-6-16-32-27(24)34/h3-6,8-9,11-16,25-26,33H,7,10,17-20H2,1-2H3,(H,35,36). The summed E-state index contributed by atoms with van der Waals surface area (Å²) in [4.78, 5) is 32.0. The van der Waals surface area contributed by atoms with Crippen LogP contribution >= 0.6 is 11.6 Å². The minimum atomic E-state index is -1.14. The van der Waals surface area contributed by atoms with Crippen molar-refractivity contribution in [1.82, 2.24) is 4.98 Å². The van der Waals surface area contributed by atoms with Gasteiger partial charge in [0.1, 0.15) is 6.04 Å². The maximum Gasteiger partial charge on any atom is 0.333 e. The van der Waals surface area contributed by atoms with Crippen molar-refractivity contribution in [2.45, 2.75) is 45.3 Å². The summed E-state index contributed by atoms with van der Waals surface area (Å²) < 4.78 is 11.6. The van der Waals surface area contributed by atoms with Crippen LogP contribution in [0.15, 0.2) is 72.9 Å². The van der Waals surface area contributed by atoms with Gasteiger partial charge in [-0.3, -0.25) is 0 Å². The molecule has 2 atom stereocenters. The van der Waals surface area contributed by atoms with E-state index in [1.807, 2.05) is 71.6 Å². The molecule has 0 aliphatic carbocycles. The molecule has 206 valence electrons. The van der Waals surface area contributed by atoms with E-state index < -0.39 is 29.5 Å². The Bertz CT molecular complexity index is 1250. The largest absolute Gasteiger partial charge is 0.479 e. The fourth-order valence-corrected chi connectivity index (χ4v) is 4.74. The molecule has 0 saturated heterocycles. The molecule has 9 heteroatoms. The fourth-order valence-electron chi connectivity index (χ4n) is 4.61. The van der Waals surface area contributed by atoms with E-state index in [1.54, 1.807) is 20.0 Å². The topological polar surface area (TPSA) is 101 Å². The highest BCUT2D eigenvalue weighted by Crippen LogP contribution is 2.32. The normalized spacial score (nSPS) is 14.3. The van der Waals surface area contributed by atoms with Crippen molar-refractivity contribution in [3.8, 4) is 0 Å². The van der Waals surface area contributed by atoms with Gasteiger partial charge in [-0.25, -0.2) is 14.6 Å². The monoisotopic (exact) mass is 551 g/mol. The number of benzene rings is 2. The number of rotatable bonds is 13. The lowest BCUT2D eigenvalue weighted by Crippen LogP contribution is -2.47. The number of carboxylic acids is 1. The number of anilines is 2. The van der Waals surface area contributed by atoms with Gasteiger partial charge in [0.15, 0.2) is 11.9 Å². The number of fused-ring (bicyclic) bond motifs is 1. The number of ether oxygens (including phenoxy) is 2. The zero-order valence-electron chi connectivity index (χ0n) is 22.2. The number of nitrogens with zero attached hydrogens (tertiary/aromatic N) is 2. The first kappa shape index (κ1) is 28.4. The highest BCUT2D eigenvalue weighted by molar-refractivity contribution is 6.30. The number of halogens is 1. The minimum Gasteiger partial charge on any atom is -0.479 e. The van der Waals surface area contributed by atoms with Crippen LogP contribution in [0.2, 0.25) is 5.02 Å². The smallest absolute Gasteiger partial charge is 0.333 e. The van der Waals surface area contributed by atoms with E-state index in [1.165, 1.54) is 0 Å². The second-order valence-corrected chi connectivity index (χ2v) is 10.7. The number of aryl methyl sites for hydroxylation is 1. The summed E-state index contributed by atoms with van der Waals surface area (Å²) in [7, 11) is 0. The number of nitrogens with one attached hydrogen (secondary N) is 1. The summed E-state index contributed by atoms with van der Waals surface area (Å²) in [6.07, 6.45) is 2.35. The third kappa shape index (κ3) is 7.49. The van der Waals surface area contributed by atoms with Crippen LogP contribution in [-0.2, 0) is 31.9 Å². The summed E-state index contributed by atoms with van der Waals surface area (Å²) >= 11 is 5.94.